The van der Waals surface area contributed by atoms with Crippen molar-refractivity contribution in [3.8, 4) is 28.4 Å². The van der Waals surface area contributed by atoms with Gasteiger partial charge in [0, 0.05) is 61.3 Å². The number of fused-ring (bicyclic) bond motifs is 4. The summed E-state index contributed by atoms with van der Waals surface area (Å²) < 4.78 is 8.88. The minimum Gasteiger partial charge on any atom is -0.509 e. The fourth-order valence-corrected chi connectivity index (χ4v) is 8.13. The standard InChI is InChI=1S/C54H51N4O.Pt/c1-52(2,3)37-22-25-44-45-27-24-42(34-50(45)58(49(44)30-37)51-31-38(28-29-55-51)53(4,5)6)59-41-19-15-18-39(32-41)56-35-57(48-21-14-13-20-47(48)56)40-23-26-43(36-16-11-10-12-17-36)46(33-40)54(7,8)9;/h10-31,33,35H,1-9H3;/q-3;. The number of para-hydroxylation sites is 2. The third-order valence-corrected chi connectivity index (χ3v) is 11.4. The molecule has 1 aliphatic rings. The van der Waals surface area contributed by atoms with E-state index in [1.165, 1.54) is 27.8 Å². The number of hydrogen-bond acceptors (Lipinski definition) is 4. The minimum atomic E-state index is -0.0592. The minimum absolute atomic E-state index is 0. The molecule has 0 bridgehead atoms. The van der Waals surface area contributed by atoms with Crippen LogP contribution in [0.3, 0.4) is 0 Å². The van der Waals surface area contributed by atoms with E-state index in [1.807, 2.05) is 24.4 Å². The zero-order valence-electron chi connectivity index (χ0n) is 35.9. The number of rotatable bonds is 6. The van der Waals surface area contributed by atoms with Crippen molar-refractivity contribution < 1.29 is 25.8 Å². The fourth-order valence-electron chi connectivity index (χ4n) is 8.13. The molecule has 2 aromatic heterocycles. The van der Waals surface area contributed by atoms with Gasteiger partial charge in [-0.05, 0) is 91.9 Å². The van der Waals surface area contributed by atoms with E-state index in [9.17, 15) is 0 Å². The molecule has 0 N–H and O–H groups in total. The van der Waals surface area contributed by atoms with Gasteiger partial charge in [0.1, 0.15) is 5.82 Å². The fraction of sp³-hybridized carbons (Fsp3) is 0.222. The largest absolute Gasteiger partial charge is 0.509 e. The van der Waals surface area contributed by atoms with E-state index in [0.29, 0.717) is 11.5 Å². The van der Waals surface area contributed by atoms with Crippen molar-refractivity contribution in [1.82, 2.24) is 9.55 Å². The number of pyridine rings is 1. The van der Waals surface area contributed by atoms with Crippen molar-refractivity contribution in [2.45, 2.75) is 78.6 Å². The zero-order chi connectivity index (χ0) is 41.3. The Labute approximate surface area is 369 Å². The van der Waals surface area contributed by atoms with Crippen LogP contribution in [0.2, 0.25) is 0 Å². The Kier molecular flexibility index (Phi) is 10.6. The van der Waals surface area contributed by atoms with Gasteiger partial charge in [-0.2, -0.15) is 12.1 Å². The summed E-state index contributed by atoms with van der Waals surface area (Å²) in [6.45, 7) is 22.5. The molecule has 0 spiro atoms. The van der Waals surface area contributed by atoms with Crippen LogP contribution < -0.4 is 14.5 Å². The first-order chi connectivity index (χ1) is 28.1. The van der Waals surface area contributed by atoms with E-state index in [1.54, 1.807) is 0 Å². The van der Waals surface area contributed by atoms with Crippen molar-refractivity contribution in [2.24, 2.45) is 0 Å². The van der Waals surface area contributed by atoms with Gasteiger partial charge in [0.05, 0.1) is 0 Å². The maximum atomic E-state index is 6.64. The van der Waals surface area contributed by atoms with Crippen molar-refractivity contribution in [1.29, 1.82) is 0 Å². The molecular formula is C54H51N4OPt-3. The van der Waals surface area contributed by atoms with Gasteiger partial charge in [-0.25, -0.2) is 4.98 Å². The smallest absolute Gasteiger partial charge is 0.135 e. The van der Waals surface area contributed by atoms with E-state index in [2.05, 4.69) is 211 Å². The molecule has 9 rings (SSSR count). The second kappa shape index (κ2) is 15.4. The Morgan fingerprint density at radius 3 is 1.95 bits per heavy atom. The van der Waals surface area contributed by atoms with Crippen LogP contribution in [0.25, 0.3) is 38.8 Å². The molecule has 0 saturated carbocycles. The summed E-state index contributed by atoms with van der Waals surface area (Å²) in [5.74, 6) is 2.08. The summed E-state index contributed by atoms with van der Waals surface area (Å²) in [7, 11) is 0. The van der Waals surface area contributed by atoms with Crippen molar-refractivity contribution in [3.63, 3.8) is 0 Å². The molecule has 5 nitrogen and oxygen atoms in total. The molecule has 6 aromatic carbocycles. The molecule has 0 saturated heterocycles. The Balaban J connectivity index is 0.00000499. The second-order valence-corrected chi connectivity index (χ2v) is 18.7. The normalized spacial score (nSPS) is 13.2. The van der Waals surface area contributed by atoms with Crippen molar-refractivity contribution in [2.75, 3.05) is 9.80 Å². The predicted molar refractivity (Wildman–Crippen MR) is 246 cm³/mol. The van der Waals surface area contributed by atoms with Crippen LogP contribution in [0, 0.1) is 18.8 Å². The first kappa shape index (κ1) is 41.1. The molecule has 0 atom stereocenters. The second-order valence-electron chi connectivity index (χ2n) is 18.7. The third-order valence-electron chi connectivity index (χ3n) is 11.4. The topological polar surface area (TPSA) is 33.5 Å². The van der Waals surface area contributed by atoms with Gasteiger partial charge < -0.3 is 19.1 Å². The molecule has 0 fully saturated rings. The molecule has 1 aliphatic heterocycles. The predicted octanol–water partition coefficient (Wildman–Crippen LogP) is 14.5. The molecule has 3 heterocycles. The van der Waals surface area contributed by atoms with Crippen molar-refractivity contribution >= 4 is 44.6 Å². The van der Waals surface area contributed by atoms with Crippen LogP contribution in [0.15, 0.2) is 140 Å². The first-order valence-corrected chi connectivity index (χ1v) is 20.5. The van der Waals surface area contributed by atoms with E-state index < -0.39 is 0 Å². The molecule has 0 amide bonds. The Hall–Kier alpha value is -5.64. The third kappa shape index (κ3) is 7.65. The Morgan fingerprint density at radius 2 is 1.23 bits per heavy atom. The molecule has 306 valence electrons. The summed E-state index contributed by atoms with van der Waals surface area (Å²) in [6.07, 6.45) is 1.92. The van der Waals surface area contributed by atoms with E-state index in [0.717, 1.165) is 50.4 Å². The number of hydrogen-bond donors (Lipinski definition) is 0. The van der Waals surface area contributed by atoms with E-state index in [-0.39, 0.29) is 37.3 Å². The number of aromatic nitrogens is 2. The molecule has 6 heteroatoms. The average Bonchev–Trinajstić information content (AvgIpc) is 3.76. The van der Waals surface area contributed by atoms with Gasteiger partial charge in [-0.1, -0.05) is 128 Å². The Morgan fingerprint density at radius 1 is 0.567 bits per heavy atom. The number of anilines is 4. The molecule has 60 heavy (non-hydrogen) atoms. The maximum Gasteiger partial charge on any atom is 0.135 e. The molecule has 0 unspecified atom stereocenters. The van der Waals surface area contributed by atoms with Gasteiger partial charge in [0.15, 0.2) is 0 Å². The van der Waals surface area contributed by atoms with Crippen LogP contribution in [0.5, 0.6) is 11.5 Å². The monoisotopic (exact) mass is 966 g/mol. The van der Waals surface area contributed by atoms with Crippen LogP contribution in [0.4, 0.5) is 22.7 Å². The number of nitrogens with zero attached hydrogens (tertiary/aromatic N) is 4. The van der Waals surface area contributed by atoms with Crippen LogP contribution in [0.1, 0.15) is 79.0 Å². The molecular weight excluding hydrogens is 916 g/mol. The maximum absolute atomic E-state index is 6.64. The number of ether oxygens (including phenoxy) is 1. The zero-order valence-corrected chi connectivity index (χ0v) is 38.1. The van der Waals surface area contributed by atoms with E-state index in [4.69, 9.17) is 9.72 Å². The quantitative estimate of drug-likeness (QED) is 0.156. The van der Waals surface area contributed by atoms with Gasteiger partial charge in [0.25, 0.3) is 0 Å². The molecule has 0 radical (unpaired) electrons. The van der Waals surface area contributed by atoms with Crippen LogP contribution >= 0.6 is 0 Å². The van der Waals surface area contributed by atoms with Gasteiger partial charge >= 0.3 is 0 Å². The summed E-state index contributed by atoms with van der Waals surface area (Å²) in [4.78, 5) is 9.38. The van der Waals surface area contributed by atoms with Gasteiger partial charge in [0.2, 0.25) is 0 Å². The molecule has 0 aliphatic carbocycles. The van der Waals surface area contributed by atoms with Gasteiger partial charge in [-0.15, -0.1) is 48.1 Å². The SMILES string of the molecule is CC(C)(C)c1ccnc(-n2c3[c-]c(Oc4[c-]c(N5[CH-]N(c6ccc(-c7ccccc7)c(C(C)(C)C)c6)c6ccccc65)ccc4)ccc3c3ccc(C(C)(C)C)cc32)c1.[Pt]. The van der Waals surface area contributed by atoms with Crippen molar-refractivity contribution in [3.05, 3.63) is 175 Å². The summed E-state index contributed by atoms with van der Waals surface area (Å²) in [5, 5.41) is 2.26. The van der Waals surface area contributed by atoms with Crippen LogP contribution in [-0.2, 0) is 37.3 Å². The summed E-state index contributed by atoms with van der Waals surface area (Å²) >= 11 is 0. The molecule has 8 aromatic rings. The van der Waals surface area contributed by atoms with Gasteiger partial charge in [-0.3, -0.25) is 0 Å². The first-order valence-electron chi connectivity index (χ1n) is 20.5. The summed E-state index contributed by atoms with van der Waals surface area (Å²) in [6, 6.07) is 54.6. The number of benzene rings is 6. The van der Waals surface area contributed by atoms with E-state index >= 15 is 0 Å². The average molecular weight is 967 g/mol. The Bertz CT molecular complexity index is 2860. The van der Waals surface area contributed by atoms with Crippen LogP contribution in [-0.4, -0.2) is 9.55 Å². The summed E-state index contributed by atoms with van der Waals surface area (Å²) in [5.41, 5.74) is 12.3.